The van der Waals surface area contributed by atoms with E-state index < -0.39 is 0 Å². The summed E-state index contributed by atoms with van der Waals surface area (Å²) in [7, 11) is 0. The molecule has 0 aliphatic rings. The van der Waals surface area contributed by atoms with Crippen LogP contribution in [-0.2, 0) is 0 Å². The number of nitrogens with one attached hydrogen (secondary N) is 2. The van der Waals surface area contributed by atoms with Crippen LogP contribution in [0.5, 0.6) is 0 Å². The van der Waals surface area contributed by atoms with Crippen LogP contribution in [0.25, 0.3) is 0 Å². The van der Waals surface area contributed by atoms with Gasteiger partial charge in [0.2, 0.25) is 0 Å². The number of rotatable bonds is 4. The maximum absolute atomic E-state index is 11.5. The third kappa shape index (κ3) is 4.05. The molecule has 1 aromatic rings. The van der Waals surface area contributed by atoms with Crippen molar-refractivity contribution in [2.45, 2.75) is 25.8 Å². The van der Waals surface area contributed by atoms with Gasteiger partial charge in [-0.3, -0.25) is 0 Å². The fourth-order valence-corrected chi connectivity index (χ4v) is 1.33. The highest BCUT2D eigenvalue weighted by Crippen LogP contribution is 2.04. The van der Waals surface area contributed by atoms with Gasteiger partial charge in [0.1, 0.15) is 0 Å². The molecule has 0 bridgehead atoms. The molecule has 0 aliphatic carbocycles. The molecule has 0 saturated carbocycles. The predicted molar refractivity (Wildman–Crippen MR) is 66.1 cm³/mol. The maximum Gasteiger partial charge on any atom is 0.320 e. The van der Waals surface area contributed by atoms with E-state index in [1.54, 1.807) is 0 Å². The van der Waals surface area contributed by atoms with Crippen molar-refractivity contribution in [1.29, 1.82) is 0 Å². The predicted octanol–water partition coefficient (Wildman–Crippen LogP) is 2.61. The monoisotopic (exact) mass is 216 g/mol. The summed E-state index contributed by atoms with van der Waals surface area (Å²) < 4.78 is 0. The Morgan fingerprint density at radius 2 is 2.12 bits per heavy atom. The van der Waals surface area contributed by atoms with Crippen molar-refractivity contribution in [2.24, 2.45) is 0 Å². The van der Waals surface area contributed by atoms with Gasteiger partial charge < -0.3 is 10.6 Å². The highest BCUT2D eigenvalue weighted by atomic mass is 16.2. The Hall–Kier alpha value is -1.95. The van der Waals surface area contributed by atoms with E-state index in [0.29, 0.717) is 0 Å². The molecule has 2 N–H and O–H groups in total. The van der Waals surface area contributed by atoms with E-state index >= 15 is 0 Å². The number of urea groups is 1. The number of carbonyl (C=O) groups excluding carboxylic acids is 1. The lowest BCUT2D eigenvalue weighted by atomic mass is 10.2. The van der Waals surface area contributed by atoms with E-state index in [9.17, 15) is 4.79 Å². The lowest BCUT2D eigenvalue weighted by Crippen LogP contribution is -2.36. The third-order valence-corrected chi connectivity index (χ3v) is 2.12. The first-order valence-electron chi connectivity index (χ1n) is 5.35. The second kappa shape index (κ2) is 6.52. The molecule has 3 nitrogen and oxygen atoms in total. The largest absolute Gasteiger partial charge is 0.324 e. The zero-order valence-electron chi connectivity index (χ0n) is 9.36. The van der Waals surface area contributed by atoms with Crippen molar-refractivity contribution in [1.82, 2.24) is 5.32 Å². The van der Waals surface area contributed by atoms with Crippen molar-refractivity contribution in [2.75, 3.05) is 5.32 Å². The fourth-order valence-electron chi connectivity index (χ4n) is 1.33. The first-order valence-corrected chi connectivity index (χ1v) is 5.35. The summed E-state index contributed by atoms with van der Waals surface area (Å²) in [6, 6.07) is 8.80. The molecule has 16 heavy (non-hydrogen) atoms. The number of anilines is 1. The second-order valence-corrected chi connectivity index (χ2v) is 3.47. The minimum Gasteiger partial charge on any atom is -0.324 e. The van der Waals surface area contributed by atoms with Crippen LogP contribution in [-0.4, -0.2) is 12.1 Å². The zero-order valence-corrected chi connectivity index (χ0v) is 9.36. The minimum atomic E-state index is -0.261. The van der Waals surface area contributed by atoms with Crippen LogP contribution in [0.3, 0.4) is 0 Å². The SMILES string of the molecule is C#CC(CCC)NC(=O)Nc1ccccc1. The quantitative estimate of drug-likeness (QED) is 0.746. The highest BCUT2D eigenvalue weighted by Gasteiger charge is 2.07. The van der Waals surface area contributed by atoms with Crippen molar-refractivity contribution < 1.29 is 4.79 Å². The van der Waals surface area contributed by atoms with Gasteiger partial charge in [-0.25, -0.2) is 4.79 Å². The molecule has 3 heteroatoms. The maximum atomic E-state index is 11.5. The number of benzene rings is 1. The van der Waals surface area contributed by atoms with Gasteiger partial charge in [0, 0.05) is 5.69 Å². The summed E-state index contributed by atoms with van der Waals surface area (Å²) in [6.45, 7) is 2.03. The second-order valence-electron chi connectivity index (χ2n) is 3.47. The summed E-state index contributed by atoms with van der Waals surface area (Å²) >= 11 is 0. The Morgan fingerprint density at radius 3 is 2.69 bits per heavy atom. The molecule has 1 aromatic carbocycles. The molecular formula is C13H16N2O. The van der Waals surface area contributed by atoms with E-state index in [2.05, 4.69) is 16.6 Å². The van der Waals surface area contributed by atoms with Crippen LogP contribution in [0.1, 0.15) is 19.8 Å². The van der Waals surface area contributed by atoms with Crippen LogP contribution < -0.4 is 10.6 Å². The average molecular weight is 216 g/mol. The van der Waals surface area contributed by atoms with Crippen molar-refractivity contribution >= 4 is 11.7 Å². The summed E-state index contributed by atoms with van der Waals surface area (Å²) in [5.74, 6) is 2.55. The van der Waals surface area contributed by atoms with Gasteiger partial charge in [-0.2, -0.15) is 0 Å². The molecule has 0 saturated heterocycles. The Bertz CT molecular complexity index is 367. The zero-order chi connectivity index (χ0) is 11.8. The first-order chi connectivity index (χ1) is 7.76. The van der Waals surface area contributed by atoms with Gasteiger partial charge in [0.25, 0.3) is 0 Å². The average Bonchev–Trinajstić information content (AvgIpc) is 2.29. The van der Waals surface area contributed by atoms with E-state index in [1.807, 2.05) is 37.3 Å². The lowest BCUT2D eigenvalue weighted by molar-refractivity contribution is 0.250. The van der Waals surface area contributed by atoms with Crippen molar-refractivity contribution in [3.63, 3.8) is 0 Å². The van der Waals surface area contributed by atoms with Crippen LogP contribution >= 0.6 is 0 Å². The smallest absolute Gasteiger partial charge is 0.320 e. The van der Waals surface area contributed by atoms with Crippen LogP contribution in [0.15, 0.2) is 30.3 Å². The first kappa shape index (κ1) is 12.1. The molecular weight excluding hydrogens is 200 g/mol. The minimum absolute atomic E-state index is 0.200. The normalized spacial score (nSPS) is 11.2. The molecule has 1 rings (SSSR count). The summed E-state index contributed by atoms with van der Waals surface area (Å²) in [5, 5.41) is 5.45. The number of hydrogen-bond donors (Lipinski definition) is 2. The van der Waals surface area contributed by atoms with E-state index in [-0.39, 0.29) is 12.1 Å². The molecule has 2 amide bonds. The van der Waals surface area contributed by atoms with Gasteiger partial charge in [0.15, 0.2) is 0 Å². The number of amides is 2. The summed E-state index contributed by atoms with van der Waals surface area (Å²) in [4.78, 5) is 11.5. The van der Waals surface area contributed by atoms with Gasteiger partial charge in [-0.15, -0.1) is 6.42 Å². The lowest BCUT2D eigenvalue weighted by Gasteiger charge is -2.12. The van der Waals surface area contributed by atoms with Gasteiger partial charge in [-0.1, -0.05) is 37.5 Å². The summed E-state index contributed by atoms with van der Waals surface area (Å²) in [5.41, 5.74) is 0.757. The number of para-hydroxylation sites is 1. The third-order valence-electron chi connectivity index (χ3n) is 2.12. The number of hydrogen-bond acceptors (Lipinski definition) is 1. The van der Waals surface area contributed by atoms with Gasteiger partial charge >= 0.3 is 6.03 Å². The van der Waals surface area contributed by atoms with E-state index in [4.69, 9.17) is 6.42 Å². The highest BCUT2D eigenvalue weighted by molar-refractivity contribution is 5.89. The van der Waals surface area contributed by atoms with Crippen LogP contribution in [0.4, 0.5) is 10.5 Å². The molecule has 1 unspecified atom stereocenters. The summed E-state index contributed by atoms with van der Waals surface area (Å²) in [6.07, 6.45) is 7.04. The molecule has 0 spiro atoms. The van der Waals surface area contributed by atoms with Gasteiger partial charge in [0.05, 0.1) is 6.04 Å². The fraction of sp³-hybridized carbons (Fsp3) is 0.308. The molecule has 0 radical (unpaired) electrons. The van der Waals surface area contributed by atoms with E-state index in [0.717, 1.165) is 18.5 Å². The molecule has 0 aromatic heterocycles. The molecule has 84 valence electrons. The van der Waals surface area contributed by atoms with Crippen molar-refractivity contribution in [3.8, 4) is 12.3 Å². The van der Waals surface area contributed by atoms with Crippen LogP contribution in [0, 0.1) is 12.3 Å². The Morgan fingerprint density at radius 1 is 1.44 bits per heavy atom. The van der Waals surface area contributed by atoms with E-state index in [1.165, 1.54) is 0 Å². The number of carbonyl (C=O) groups is 1. The van der Waals surface area contributed by atoms with Crippen LogP contribution in [0.2, 0.25) is 0 Å². The Balaban J connectivity index is 2.45. The molecule has 1 atom stereocenters. The molecule has 0 aliphatic heterocycles. The Kier molecular flexibility index (Phi) is 4.94. The Labute approximate surface area is 96.2 Å². The number of terminal acetylenes is 1. The standard InChI is InChI=1S/C13H16N2O/c1-3-8-11(4-2)14-13(16)15-12-9-6-5-7-10-12/h2,5-7,9-11H,3,8H2,1H3,(H2,14,15,16). The molecule has 0 heterocycles. The topological polar surface area (TPSA) is 41.1 Å². The molecule has 0 fully saturated rings. The van der Waals surface area contributed by atoms with Gasteiger partial charge in [-0.05, 0) is 18.6 Å². The van der Waals surface area contributed by atoms with Crippen molar-refractivity contribution in [3.05, 3.63) is 30.3 Å².